The van der Waals surface area contributed by atoms with Crippen molar-refractivity contribution in [3.63, 3.8) is 0 Å². The van der Waals surface area contributed by atoms with E-state index in [0.29, 0.717) is 46.2 Å². The van der Waals surface area contributed by atoms with Crippen molar-refractivity contribution in [2.75, 3.05) is 6.61 Å². The molecule has 1 saturated heterocycles. The third-order valence-corrected chi connectivity index (χ3v) is 14.1. The Kier molecular flexibility index (Phi) is 15.5. The van der Waals surface area contributed by atoms with Crippen LogP contribution in [0.25, 0.3) is 0 Å². The van der Waals surface area contributed by atoms with E-state index < -0.39 is 11.9 Å². The van der Waals surface area contributed by atoms with Crippen LogP contribution >= 0.6 is 0 Å². The second-order valence-electron chi connectivity index (χ2n) is 19.3. The van der Waals surface area contributed by atoms with Gasteiger partial charge in [-0.15, -0.1) is 0 Å². The smallest absolute Gasteiger partial charge is 0.318 e. The summed E-state index contributed by atoms with van der Waals surface area (Å²) in [4.78, 5) is 41.6. The van der Waals surface area contributed by atoms with Crippen LogP contribution in [0.2, 0.25) is 0 Å². The first-order chi connectivity index (χ1) is 30.0. The van der Waals surface area contributed by atoms with Gasteiger partial charge in [0.1, 0.15) is 18.3 Å². The summed E-state index contributed by atoms with van der Waals surface area (Å²) in [5.41, 5.74) is 12.5. The minimum absolute atomic E-state index is 0.144. The highest BCUT2D eigenvalue weighted by molar-refractivity contribution is 6.24. The Hall–Kier alpha value is -5.05. The highest BCUT2D eigenvalue weighted by Crippen LogP contribution is 2.49. The number of carboxylic acids is 1. The summed E-state index contributed by atoms with van der Waals surface area (Å²) in [5, 5.41) is 26.0. The molecule has 1 fully saturated rings. The van der Waals surface area contributed by atoms with Gasteiger partial charge < -0.3 is 20.3 Å². The number of nitrogens with zero attached hydrogens (tertiary/aromatic N) is 3. The van der Waals surface area contributed by atoms with E-state index in [1.807, 2.05) is 44.2 Å². The van der Waals surface area contributed by atoms with Gasteiger partial charge in [-0.3, -0.25) is 9.59 Å². The molecule has 5 heterocycles. The molecule has 0 aromatic rings. The van der Waals surface area contributed by atoms with Crippen molar-refractivity contribution in [3.8, 4) is 0 Å². The molecular formula is C54H72N4O5. The Labute approximate surface area is 376 Å². The molecule has 0 aromatic carbocycles. The van der Waals surface area contributed by atoms with Crippen LogP contribution in [0, 0.1) is 35.5 Å². The van der Waals surface area contributed by atoms with Crippen molar-refractivity contribution in [1.29, 1.82) is 0 Å². The molecular weight excluding hydrogens is 785 g/mol. The van der Waals surface area contributed by atoms with Crippen molar-refractivity contribution in [1.82, 2.24) is 5.32 Å². The maximum atomic E-state index is 13.4. The van der Waals surface area contributed by atoms with E-state index in [2.05, 4.69) is 67.3 Å². The molecule has 6 rings (SSSR count). The van der Waals surface area contributed by atoms with Crippen molar-refractivity contribution in [3.05, 3.63) is 116 Å². The van der Waals surface area contributed by atoms with Crippen LogP contribution in [-0.4, -0.2) is 45.9 Å². The molecule has 0 amide bonds. The van der Waals surface area contributed by atoms with Crippen molar-refractivity contribution >= 4 is 29.1 Å². The van der Waals surface area contributed by atoms with Gasteiger partial charge in [0.15, 0.2) is 0 Å². The number of aliphatic hydroxyl groups is 1. The molecule has 1 aliphatic carbocycles. The molecule has 2 unspecified atom stereocenters. The topological polar surface area (TPSA) is 133 Å². The van der Waals surface area contributed by atoms with Crippen LogP contribution in [0.4, 0.5) is 0 Å². The molecule has 9 nitrogen and oxygen atoms in total. The van der Waals surface area contributed by atoms with Crippen molar-refractivity contribution < 1.29 is 24.5 Å². The van der Waals surface area contributed by atoms with Gasteiger partial charge in [-0.1, -0.05) is 105 Å². The van der Waals surface area contributed by atoms with Gasteiger partial charge in [0.25, 0.3) is 0 Å². The summed E-state index contributed by atoms with van der Waals surface area (Å²) in [6.07, 6.45) is 22.4. The fourth-order valence-electron chi connectivity index (χ4n) is 10.1. The predicted octanol–water partition coefficient (Wildman–Crippen LogP) is 12.9. The molecule has 6 aliphatic rings. The normalized spacial score (nSPS) is 23.0. The Morgan fingerprint density at radius 1 is 0.873 bits per heavy atom. The quantitative estimate of drug-likeness (QED) is 0.0825. The number of nitrogens with one attached hydrogen (secondary N) is 1. The largest absolute Gasteiger partial charge is 0.510 e. The maximum Gasteiger partial charge on any atom is 0.318 e. The number of aliphatic imine (C=N–C) groups is 3. The Bertz CT molecular complexity index is 2280. The molecule has 5 atom stereocenters. The zero-order valence-corrected chi connectivity index (χ0v) is 39.7. The first-order valence-electron chi connectivity index (χ1n) is 23.7. The number of hydrogen-bond donors (Lipinski definition) is 3. The molecule has 338 valence electrons. The first kappa shape index (κ1) is 47.4. The van der Waals surface area contributed by atoms with E-state index in [4.69, 9.17) is 19.7 Å². The predicted molar refractivity (Wildman–Crippen MR) is 257 cm³/mol. The Morgan fingerprint density at radius 3 is 2.17 bits per heavy atom. The molecule has 63 heavy (non-hydrogen) atoms. The summed E-state index contributed by atoms with van der Waals surface area (Å²) in [6.45, 7) is 26.0. The molecule has 5 aliphatic heterocycles. The van der Waals surface area contributed by atoms with Crippen LogP contribution in [0.3, 0.4) is 0 Å². The molecule has 3 N–H and O–H groups in total. The second kappa shape index (κ2) is 20.6. The zero-order chi connectivity index (χ0) is 45.7. The molecule has 8 bridgehead atoms. The lowest BCUT2D eigenvalue weighted by molar-refractivity contribution is -0.143. The molecule has 0 spiro atoms. The summed E-state index contributed by atoms with van der Waals surface area (Å²) >= 11 is 0. The third-order valence-electron chi connectivity index (χ3n) is 14.1. The van der Waals surface area contributed by atoms with Crippen LogP contribution in [0.15, 0.2) is 131 Å². The number of carbonyl (C=O) groups is 2. The number of ether oxygens (including phenoxy) is 1. The van der Waals surface area contributed by atoms with Gasteiger partial charge in [0, 0.05) is 46.4 Å². The number of carboxylic acid groups (broad SMARTS) is 1. The van der Waals surface area contributed by atoms with Gasteiger partial charge in [-0.25, -0.2) is 15.0 Å². The number of allylic oxidation sites excluding steroid dienone is 12. The fourth-order valence-corrected chi connectivity index (χ4v) is 10.1. The molecule has 0 saturated carbocycles. The number of aliphatic carboxylic acids is 1. The average molecular weight is 857 g/mol. The standard InChI is InChI=1S/C54H72N4O5/c1-12-38-34(8)41-27-43-36(10)40(23-24-47(59)63-26-25-33(7)22-16-21-32(6)20-15-19-31(5)18-14-17-30(3)4)51(57-43)49-50(54(61)62)53(60)48-37(11)44(58-52(48)49)29-46-39(13-2)35(9)42(56-46)28-45(38)55-41/h12,25,27-32,36,40,50,57,60H,1,13-24,26H2,2-11H3,(H,61,62)/b33-25+,43-27?,45-28?,46-29?,51-49?/t31?,32?,36-,40-,50+/m0/s1. The van der Waals surface area contributed by atoms with E-state index in [0.717, 1.165) is 81.9 Å². The van der Waals surface area contributed by atoms with Crippen LogP contribution in [-0.2, 0) is 14.3 Å². The van der Waals surface area contributed by atoms with Crippen molar-refractivity contribution in [2.45, 2.75) is 146 Å². The molecule has 0 radical (unpaired) electrons. The minimum atomic E-state index is -1.31. The lowest BCUT2D eigenvalue weighted by Gasteiger charge is -2.19. The summed E-state index contributed by atoms with van der Waals surface area (Å²) in [5.74, 6) is -1.12. The van der Waals surface area contributed by atoms with E-state index in [9.17, 15) is 19.8 Å². The van der Waals surface area contributed by atoms with Gasteiger partial charge in [-0.2, -0.15) is 0 Å². The molecule has 0 aromatic heterocycles. The van der Waals surface area contributed by atoms with E-state index in [1.54, 1.807) is 0 Å². The van der Waals surface area contributed by atoms with Gasteiger partial charge >= 0.3 is 11.9 Å². The SMILES string of the molecule is C=CC1=C(C)C2=NC1=CC1=NC(=CC3=C(C)C4=C(O)[C@H](C(=O)O)C(=C5NC(=C2)[C@@H](C)[C@@H]5CCC(=O)OC/C=C(\C)CCCC(C)CCCC(C)CCCC(C)C)C4=N3)C(CC)=C1C. The van der Waals surface area contributed by atoms with E-state index in [-0.39, 0.29) is 36.6 Å². The highest BCUT2D eigenvalue weighted by atomic mass is 16.5. The number of hydrogen-bond acceptors (Lipinski definition) is 8. The third kappa shape index (κ3) is 10.5. The highest BCUT2D eigenvalue weighted by Gasteiger charge is 2.48. The lowest BCUT2D eigenvalue weighted by atomic mass is 9.84. The Balaban J connectivity index is 1.18. The summed E-state index contributed by atoms with van der Waals surface area (Å²) < 4.78 is 5.76. The van der Waals surface area contributed by atoms with Crippen molar-refractivity contribution in [2.24, 2.45) is 50.5 Å². The van der Waals surface area contributed by atoms with Gasteiger partial charge in [-0.05, 0) is 118 Å². The number of fused-ring (bicyclic) bond motifs is 5. The number of rotatable bonds is 20. The Morgan fingerprint density at radius 2 is 1.52 bits per heavy atom. The summed E-state index contributed by atoms with van der Waals surface area (Å²) in [7, 11) is 0. The van der Waals surface area contributed by atoms with Crippen LogP contribution in [0.5, 0.6) is 0 Å². The van der Waals surface area contributed by atoms with Gasteiger partial charge in [0.2, 0.25) is 0 Å². The van der Waals surface area contributed by atoms with E-state index >= 15 is 0 Å². The maximum absolute atomic E-state index is 13.4. The lowest BCUT2D eigenvalue weighted by Crippen LogP contribution is -2.24. The minimum Gasteiger partial charge on any atom is -0.510 e. The van der Waals surface area contributed by atoms with Crippen LogP contribution in [0.1, 0.15) is 146 Å². The first-order valence-corrected chi connectivity index (χ1v) is 23.7. The monoisotopic (exact) mass is 857 g/mol. The second-order valence-corrected chi connectivity index (χ2v) is 19.3. The average Bonchev–Trinajstić information content (AvgIpc) is 3.97. The number of aliphatic hydroxyl groups excluding tert-OH is 1. The zero-order valence-electron chi connectivity index (χ0n) is 39.7. The number of esters is 1. The summed E-state index contributed by atoms with van der Waals surface area (Å²) in [6, 6.07) is 0. The molecule has 9 heteroatoms. The van der Waals surface area contributed by atoms with Gasteiger partial charge in [0.05, 0.1) is 34.2 Å². The van der Waals surface area contributed by atoms with E-state index in [1.165, 1.54) is 50.5 Å². The van der Waals surface area contributed by atoms with Crippen LogP contribution < -0.4 is 5.32 Å². The fraction of sp³-hybridized carbons (Fsp3) is 0.537. The number of carbonyl (C=O) groups excluding carboxylic acids is 1.